The van der Waals surface area contributed by atoms with E-state index in [2.05, 4.69) is 41.8 Å². The molecule has 2 N–H and O–H groups in total. The van der Waals surface area contributed by atoms with Gasteiger partial charge >= 0.3 is 0 Å². The van der Waals surface area contributed by atoms with Gasteiger partial charge in [0.25, 0.3) is 0 Å². The zero-order valence-electron chi connectivity index (χ0n) is 8.51. The van der Waals surface area contributed by atoms with Crippen LogP contribution >= 0.6 is 0 Å². The van der Waals surface area contributed by atoms with Gasteiger partial charge in [-0.25, -0.2) is 0 Å². The molecule has 1 aromatic rings. The molecule has 1 aromatic carbocycles. The molecule has 0 fully saturated rings. The molecule has 2 nitrogen and oxygen atoms in total. The molecule has 2 rings (SSSR count). The number of benzene rings is 1. The molecule has 0 aliphatic carbocycles. The Kier molecular flexibility index (Phi) is 2.73. The molecule has 74 valence electrons. The second-order valence-corrected chi connectivity index (χ2v) is 3.56. The molecule has 0 radical (unpaired) electrons. The van der Waals surface area contributed by atoms with Gasteiger partial charge in [-0.3, -0.25) is 0 Å². The SMILES string of the molecule is CCCc1ccc(C2=CNCN2)cc1. The van der Waals surface area contributed by atoms with Crippen LogP contribution in [-0.2, 0) is 6.42 Å². The van der Waals surface area contributed by atoms with Crippen molar-refractivity contribution in [1.82, 2.24) is 10.6 Å². The number of hydrogen-bond donors (Lipinski definition) is 2. The van der Waals surface area contributed by atoms with E-state index in [1.54, 1.807) is 0 Å². The first-order chi connectivity index (χ1) is 6.90. The van der Waals surface area contributed by atoms with Crippen molar-refractivity contribution in [3.63, 3.8) is 0 Å². The summed E-state index contributed by atoms with van der Waals surface area (Å²) in [4.78, 5) is 0. The molecular formula is C12H16N2. The first-order valence-corrected chi connectivity index (χ1v) is 5.17. The second kappa shape index (κ2) is 4.18. The van der Waals surface area contributed by atoms with Gasteiger partial charge in [-0.15, -0.1) is 0 Å². The fourth-order valence-corrected chi connectivity index (χ4v) is 1.68. The van der Waals surface area contributed by atoms with Crippen molar-refractivity contribution in [2.24, 2.45) is 0 Å². The van der Waals surface area contributed by atoms with Crippen LogP contribution in [0.1, 0.15) is 24.5 Å². The largest absolute Gasteiger partial charge is 0.372 e. The molecular weight excluding hydrogens is 172 g/mol. The van der Waals surface area contributed by atoms with Crippen LogP contribution in [0.2, 0.25) is 0 Å². The second-order valence-electron chi connectivity index (χ2n) is 3.56. The lowest BCUT2D eigenvalue weighted by Gasteiger charge is -2.04. The van der Waals surface area contributed by atoms with Crippen molar-refractivity contribution in [3.8, 4) is 0 Å². The van der Waals surface area contributed by atoms with Gasteiger partial charge in [0, 0.05) is 6.20 Å². The van der Waals surface area contributed by atoms with Crippen LogP contribution in [0.15, 0.2) is 30.5 Å². The maximum absolute atomic E-state index is 3.27. The third kappa shape index (κ3) is 1.90. The fourth-order valence-electron chi connectivity index (χ4n) is 1.68. The van der Waals surface area contributed by atoms with E-state index < -0.39 is 0 Å². The molecule has 1 aliphatic heterocycles. The van der Waals surface area contributed by atoms with E-state index in [4.69, 9.17) is 0 Å². The normalized spacial score (nSPS) is 14.5. The van der Waals surface area contributed by atoms with Crippen molar-refractivity contribution in [2.75, 3.05) is 6.67 Å². The van der Waals surface area contributed by atoms with Crippen molar-refractivity contribution >= 4 is 5.70 Å². The molecule has 0 unspecified atom stereocenters. The highest BCUT2D eigenvalue weighted by Gasteiger charge is 2.04. The lowest BCUT2D eigenvalue weighted by Crippen LogP contribution is -2.13. The Bertz CT molecular complexity index is 325. The van der Waals surface area contributed by atoms with Crippen LogP contribution in [0.3, 0.4) is 0 Å². The summed E-state index contributed by atoms with van der Waals surface area (Å²) in [5, 5.41) is 6.41. The minimum Gasteiger partial charge on any atom is -0.372 e. The van der Waals surface area contributed by atoms with Crippen molar-refractivity contribution in [2.45, 2.75) is 19.8 Å². The summed E-state index contributed by atoms with van der Waals surface area (Å²) in [5.74, 6) is 0. The third-order valence-corrected chi connectivity index (χ3v) is 2.43. The first kappa shape index (κ1) is 9.13. The first-order valence-electron chi connectivity index (χ1n) is 5.17. The molecule has 1 heterocycles. The minimum absolute atomic E-state index is 0.839. The Hall–Kier alpha value is -1.44. The molecule has 0 saturated carbocycles. The molecule has 0 bridgehead atoms. The maximum atomic E-state index is 3.27. The van der Waals surface area contributed by atoms with Crippen LogP contribution in [0.4, 0.5) is 0 Å². The highest BCUT2D eigenvalue weighted by atomic mass is 15.1. The van der Waals surface area contributed by atoms with Gasteiger partial charge in [-0.1, -0.05) is 37.6 Å². The lowest BCUT2D eigenvalue weighted by atomic mass is 10.1. The van der Waals surface area contributed by atoms with Crippen LogP contribution in [0.5, 0.6) is 0 Å². The highest BCUT2D eigenvalue weighted by molar-refractivity contribution is 5.65. The molecule has 0 amide bonds. The van der Waals surface area contributed by atoms with Gasteiger partial charge < -0.3 is 10.6 Å². The van der Waals surface area contributed by atoms with E-state index >= 15 is 0 Å². The molecule has 0 atom stereocenters. The van der Waals surface area contributed by atoms with Gasteiger partial charge in [-0.2, -0.15) is 0 Å². The van der Waals surface area contributed by atoms with Crippen LogP contribution in [0, 0.1) is 0 Å². The standard InChI is InChI=1S/C12H16N2/c1-2-3-10-4-6-11(7-5-10)12-8-13-9-14-12/h4-8,13-14H,2-3,9H2,1H3. The van der Waals surface area contributed by atoms with E-state index in [1.165, 1.54) is 29.7 Å². The van der Waals surface area contributed by atoms with E-state index in [-0.39, 0.29) is 0 Å². The Labute approximate surface area is 85.0 Å². The van der Waals surface area contributed by atoms with E-state index in [0.29, 0.717) is 0 Å². The molecule has 0 aromatic heterocycles. The average Bonchev–Trinajstić information content (AvgIpc) is 2.72. The summed E-state index contributed by atoms with van der Waals surface area (Å²) in [5.41, 5.74) is 3.87. The molecule has 2 heteroatoms. The molecule has 0 saturated heterocycles. The number of hydrogen-bond acceptors (Lipinski definition) is 2. The quantitative estimate of drug-likeness (QED) is 0.759. The van der Waals surface area contributed by atoms with Crippen molar-refractivity contribution < 1.29 is 0 Å². The van der Waals surface area contributed by atoms with Gasteiger partial charge in [-0.05, 0) is 17.5 Å². The summed E-state index contributed by atoms with van der Waals surface area (Å²) in [7, 11) is 0. The van der Waals surface area contributed by atoms with Gasteiger partial charge in [0.05, 0.1) is 12.4 Å². The van der Waals surface area contributed by atoms with E-state index in [9.17, 15) is 0 Å². The molecule has 14 heavy (non-hydrogen) atoms. The average molecular weight is 188 g/mol. The van der Waals surface area contributed by atoms with Gasteiger partial charge in [0.2, 0.25) is 0 Å². The summed E-state index contributed by atoms with van der Waals surface area (Å²) in [6.45, 7) is 3.05. The van der Waals surface area contributed by atoms with Gasteiger partial charge in [0.15, 0.2) is 0 Å². The minimum atomic E-state index is 0.839. The Morgan fingerprint density at radius 2 is 2.00 bits per heavy atom. The number of rotatable bonds is 3. The lowest BCUT2D eigenvalue weighted by molar-refractivity contribution is 0.842. The fraction of sp³-hybridized carbons (Fsp3) is 0.333. The topological polar surface area (TPSA) is 24.1 Å². The Morgan fingerprint density at radius 1 is 1.21 bits per heavy atom. The summed E-state index contributed by atoms with van der Waals surface area (Å²) in [6, 6.07) is 8.77. The third-order valence-electron chi connectivity index (χ3n) is 2.43. The van der Waals surface area contributed by atoms with Crippen LogP contribution < -0.4 is 10.6 Å². The summed E-state index contributed by atoms with van der Waals surface area (Å²) in [6.07, 6.45) is 4.40. The van der Waals surface area contributed by atoms with Crippen molar-refractivity contribution in [1.29, 1.82) is 0 Å². The van der Waals surface area contributed by atoms with Crippen molar-refractivity contribution in [3.05, 3.63) is 41.6 Å². The van der Waals surface area contributed by atoms with E-state index in [1.807, 2.05) is 6.20 Å². The van der Waals surface area contributed by atoms with Gasteiger partial charge in [0.1, 0.15) is 0 Å². The number of aryl methyl sites for hydroxylation is 1. The maximum Gasteiger partial charge on any atom is 0.0846 e. The molecule has 1 aliphatic rings. The van der Waals surface area contributed by atoms with E-state index in [0.717, 1.165) is 6.67 Å². The van der Waals surface area contributed by atoms with Crippen LogP contribution in [-0.4, -0.2) is 6.67 Å². The Morgan fingerprint density at radius 3 is 2.57 bits per heavy atom. The monoisotopic (exact) mass is 188 g/mol. The predicted molar refractivity (Wildman–Crippen MR) is 59.6 cm³/mol. The predicted octanol–water partition coefficient (Wildman–Crippen LogP) is 2.09. The van der Waals surface area contributed by atoms with Crippen LogP contribution in [0.25, 0.3) is 5.70 Å². The summed E-state index contributed by atoms with van der Waals surface area (Å²) >= 11 is 0. The highest BCUT2D eigenvalue weighted by Crippen LogP contribution is 2.14. The molecule has 0 spiro atoms. The summed E-state index contributed by atoms with van der Waals surface area (Å²) < 4.78 is 0. The zero-order valence-corrected chi connectivity index (χ0v) is 8.51. The zero-order chi connectivity index (χ0) is 9.80. The number of nitrogens with one attached hydrogen (secondary N) is 2. The Balaban J connectivity index is 2.13. The smallest absolute Gasteiger partial charge is 0.0846 e.